The zero-order valence-corrected chi connectivity index (χ0v) is 13.3. The van der Waals surface area contributed by atoms with Gasteiger partial charge in [0.1, 0.15) is 12.1 Å². The van der Waals surface area contributed by atoms with Gasteiger partial charge in [-0.2, -0.15) is 0 Å². The molecule has 0 aromatic carbocycles. The second-order valence-electron chi connectivity index (χ2n) is 7.01. The van der Waals surface area contributed by atoms with Gasteiger partial charge in [0.2, 0.25) is 11.8 Å². The Kier molecular flexibility index (Phi) is 3.95. The van der Waals surface area contributed by atoms with E-state index in [0.717, 1.165) is 25.9 Å². The van der Waals surface area contributed by atoms with E-state index in [0.29, 0.717) is 12.5 Å². The Balaban J connectivity index is 1.90. The highest BCUT2D eigenvalue weighted by Crippen LogP contribution is 2.35. The van der Waals surface area contributed by atoms with Crippen LogP contribution in [0.2, 0.25) is 0 Å². The molecule has 0 aromatic heterocycles. The minimum Gasteiger partial charge on any atom is -0.343 e. The Hall–Kier alpha value is -1.10. The maximum Gasteiger partial charge on any atom is 0.246 e. The summed E-state index contributed by atoms with van der Waals surface area (Å²) in [5.74, 6) is 0.324. The monoisotopic (exact) mass is 293 g/mol. The summed E-state index contributed by atoms with van der Waals surface area (Å²) in [5, 5.41) is 2.92. The fraction of sp³-hybridized carbons (Fsp3) is 0.875. The first-order chi connectivity index (χ1) is 10.0. The standard InChI is InChI=1S/C16H27N3O2/c1-4-11-16(21)19(14(10(2)3)15(20)17-11)13-7-9-18-8-5-6-12(13)18/h10-14H,4-9H2,1-3H3,(H,17,20). The van der Waals surface area contributed by atoms with Gasteiger partial charge in [-0.3, -0.25) is 14.5 Å². The van der Waals surface area contributed by atoms with Crippen LogP contribution in [-0.4, -0.2) is 58.9 Å². The van der Waals surface area contributed by atoms with Crippen molar-refractivity contribution in [1.82, 2.24) is 15.1 Å². The Labute approximate surface area is 127 Å². The first-order valence-corrected chi connectivity index (χ1v) is 8.41. The second-order valence-corrected chi connectivity index (χ2v) is 7.01. The number of hydrogen-bond donors (Lipinski definition) is 1. The molecule has 3 rings (SSSR count). The molecule has 5 heteroatoms. The van der Waals surface area contributed by atoms with Gasteiger partial charge in [-0.05, 0) is 38.1 Å². The molecule has 0 saturated carbocycles. The van der Waals surface area contributed by atoms with Crippen molar-refractivity contribution in [2.75, 3.05) is 13.1 Å². The van der Waals surface area contributed by atoms with Gasteiger partial charge in [-0.15, -0.1) is 0 Å². The summed E-state index contributed by atoms with van der Waals surface area (Å²) < 4.78 is 0. The molecule has 4 unspecified atom stereocenters. The highest BCUT2D eigenvalue weighted by atomic mass is 16.2. The second kappa shape index (κ2) is 5.59. The quantitative estimate of drug-likeness (QED) is 0.844. The van der Waals surface area contributed by atoms with E-state index in [-0.39, 0.29) is 35.9 Å². The summed E-state index contributed by atoms with van der Waals surface area (Å²) in [6, 6.07) is 0.0694. The van der Waals surface area contributed by atoms with Crippen molar-refractivity contribution in [2.24, 2.45) is 5.92 Å². The van der Waals surface area contributed by atoms with E-state index in [2.05, 4.69) is 10.2 Å². The first-order valence-electron chi connectivity index (χ1n) is 8.41. The lowest BCUT2D eigenvalue weighted by Crippen LogP contribution is -2.68. The van der Waals surface area contributed by atoms with E-state index in [1.54, 1.807) is 0 Å². The number of carbonyl (C=O) groups is 2. The third-order valence-corrected chi connectivity index (χ3v) is 5.40. The summed E-state index contributed by atoms with van der Waals surface area (Å²) in [4.78, 5) is 29.8. The van der Waals surface area contributed by atoms with Crippen LogP contribution in [0.4, 0.5) is 0 Å². The van der Waals surface area contributed by atoms with Gasteiger partial charge in [-0.25, -0.2) is 0 Å². The largest absolute Gasteiger partial charge is 0.343 e. The van der Waals surface area contributed by atoms with Gasteiger partial charge in [0.15, 0.2) is 0 Å². The Morgan fingerprint density at radius 2 is 1.95 bits per heavy atom. The molecule has 0 spiro atoms. The number of carbonyl (C=O) groups excluding carboxylic acids is 2. The van der Waals surface area contributed by atoms with Crippen molar-refractivity contribution in [3.63, 3.8) is 0 Å². The topological polar surface area (TPSA) is 52.7 Å². The van der Waals surface area contributed by atoms with Crippen molar-refractivity contribution < 1.29 is 9.59 Å². The molecular formula is C16H27N3O2. The number of nitrogens with zero attached hydrogens (tertiary/aromatic N) is 2. The molecule has 5 nitrogen and oxygen atoms in total. The summed E-state index contributed by atoms with van der Waals surface area (Å²) in [6.45, 7) is 8.27. The molecule has 0 aliphatic carbocycles. The summed E-state index contributed by atoms with van der Waals surface area (Å²) in [7, 11) is 0. The number of fused-ring (bicyclic) bond motifs is 1. The van der Waals surface area contributed by atoms with Crippen LogP contribution in [0.5, 0.6) is 0 Å². The maximum atomic E-state index is 12.9. The van der Waals surface area contributed by atoms with Crippen LogP contribution in [0.15, 0.2) is 0 Å². The molecular weight excluding hydrogens is 266 g/mol. The normalized spacial score (nSPS) is 37.2. The van der Waals surface area contributed by atoms with Gasteiger partial charge in [0.05, 0.1) is 0 Å². The molecule has 3 aliphatic rings. The number of amides is 2. The molecule has 21 heavy (non-hydrogen) atoms. The zero-order valence-electron chi connectivity index (χ0n) is 13.3. The van der Waals surface area contributed by atoms with E-state index < -0.39 is 0 Å². The smallest absolute Gasteiger partial charge is 0.246 e. The molecule has 1 N–H and O–H groups in total. The minimum atomic E-state index is -0.331. The van der Waals surface area contributed by atoms with Crippen LogP contribution in [0.3, 0.4) is 0 Å². The molecule has 4 atom stereocenters. The summed E-state index contributed by atoms with van der Waals surface area (Å²) >= 11 is 0. The third-order valence-electron chi connectivity index (χ3n) is 5.40. The Morgan fingerprint density at radius 1 is 1.19 bits per heavy atom. The third kappa shape index (κ3) is 2.35. The first kappa shape index (κ1) is 14.8. The average Bonchev–Trinajstić information content (AvgIpc) is 3.03. The fourth-order valence-corrected chi connectivity index (χ4v) is 4.41. The molecule has 3 fully saturated rings. The molecule has 3 aliphatic heterocycles. The van der Waals surface area contributed by atoms with E-state index in [1.165, 1.54) is 6.42 Å². The molecule has 118 valence electrons. The lowest BCUT2D eigenvalue weighted by molar-refractivity contribution is -0.154. The molecule has 3 heterocycles. The maximum absolute atomic E-state index is 12.9. The van der Waals surface area contributed by atoms with E-state index in [1.807, 2.05) is 25.7 Å². The lowest BCUT2D eigenvalue weighted by Gasteiger charge is -2.45. The predicted molar refractivity (Wildman–Crippen MR) is 80.7 cm³/mol. The van der Waals surface area contributed by atoms with Crippen LogP contribution in [0.1, 0.15) is 46.5 Å². The molecule has 0 radical (unpaired) electrons. The Bertz CT molecular complexity index is 437. The predicted octanol–water partition coefficient (Wildman–Crippen LogP) is 0.985. The van der Waals surface area contributed by atoms with Crippen LogP contribution < -0.4 is 5.32 Å². The van der Waals surface area contributed by atoms with Gasteiger partial charge in [-0.1, -0.05) is 20.8 Å². The lowest BCUT2D eigenvalue weighted by atomic mass is 9.92. The number of nitrogens with one attached hydrogen (secondary N) is 1. The van der Waals surface area contributed by atoms with Crippen LogP contribution in [0, 0.1) is 5.92 Å². The van der Waals surface area contributed by atoms with Crippen molar-refractivity contribution in [1.29, 1.82) is 0 Å². The molecule has 0 aromatic rings. The van der Waals surface area contributed by atoms with Gasteiger partial charge >= 0.3 is 0 Å². The van der Waals surface area contributed by atoms with Crippen molar-refractivity contribution in [3.8, 4) is 0 Å². The summed E-state index contributed by atoms with van der Waals surface area (Å²) in [6.07, 6.45) is 4.08. The van der Waals surface area contributed by atoms with Crippen molar-refractivity contribution in [2.45, 2.75) is 70.6 Å². The average molecular weight is 293 g/mol. The molecule has 3 saturated heterocycles. The Morgan fingerprint density at radius 3 is 2.62 bits per heavy atom. The fourth-order valence-electron chi connectivity index (χ4n) is 4.41. The van der Waals surface area contributed by atoms with Crippen molar-refractivity contribution >= 4 is 11.8 Å². The van der Waals surface area contributed by atoms with Crippen molar-refractivity contribution in [3.05, 3.63) is 0 Å². The molecule has 2 amide bonds. The van der Waals surface area contributed by atoms with Crippen LogP contribution in [-0.2, 0) is 9.59 Å². The SMILES string of the molecule is CCC1NC(=O)C(C(C)C)N(C2CCN3CCCC23)C1=O. The minimum absolute atomic E-state index is 0.0351. The number of rotatable bonds is 3. The van der Waals surface area contributed by atoms with Crippen LogP contribution >= 0.6 is 0 Å². The highest BCUT2D eigenvalue weighted by molar-refractivity contribution is 5.97. The van der Waals surface area contributed by atoms with E-state index in [9.17, 15) is 9.59 Å². The number of hydrogen-bond acceptors (Lipinski definition) is 3. The van der Waals surface area contributed by atoms with Gasteiger partial charge in [0.25, 0.3) is 0 Å². The van der Waals surface area contributed by atoms with Gasteiger partial charge in [0, 0.05) is 18.6 Å². The zero-order chi connectivity index (χ0) is 15.1. The van der Waals surface area contributed by atoms with Crippen LogP contribution in [0.25, 0.3) is 0 Å². The number of piperazine rings is 1. The van der Waals surface area contributed by atoms with E-state index >= 15 is 0 Å². The van der Waals surface area contributed by atoms with E-state index in [4.69, 9.17) is 0 Å². The summed E-state index contributed by atoms with van der Waals surface area (Å²) in [5.41, 5.74) is 0. The van der Waals surface area contributed by atoms with Gasteiger partial charge < -0.3 is 10.2 Å². The highest BCUT2D eigenvalue weighted by Gasteiger charge is 2.49. The molecule has 0 bridgehead atoms.